The van der Waals surface area contributed by atoms with E-state index in [0.29, 0.717) is 0 Å². The van der Waals surface area contributed by atoms with Crippen LogP contribution < -0.4 is 5.30 Å². The van der Waals surface area contributed by atoms with Gasteiger partial charge in [-0.15, -0.1) is 9.24 Å². The van der Waals surface area contributed by atoms with Crippen LogP contribution >= 0.6 is 9.24 Å². The van der Waals surface area contributed by atoms with E-state index >= 15 is 0 Å². The van der Waals surface area contributed by atoms with E-state index in [9.17, 15) is 0 Å². The summed E-state index contributed by atoms with van der Waals surface area (Å²) in [5, 5.41) is 1.24. The van der Waals surface area contributed by atoms with Crippen molar-refractivity contribution in [2.45, 2.75) is 0 Å². The summed E-state index contributed by atoms with van der Waals surface area (Å²) in [7, 11) is 2.63. The van der Waals surface area contributed by atoms with E-state index in [1.165, 1.54) is 5.30 Å². The first-order valence-corrected chi connectivity index (χ1v) is 2.78. The molecule has 1 aromatic rings. The molecule has 0 aliphatic rings. The van der Waals surface area contributed by atoms with Crippen molar-refractivity contribution < 1.29 is 19.5 Å². The van der Waals surface area contributed by atoms with E-state index < -0.39 is 0 Å². The maximum absolute atomic E-state index is 2.63. The van der Waals surface area contributed by atoms with Gasteiger partial charge >= 0.3 is 0 Å². The van der Waals surface area contributed by atoms with Gasteiger partial charge in [0.1, 0.15) is 0 Å². The second-order valence-corrected chi connectivity index (χ2v) is 2.08. The van der Waals surface area contributed by atoms with Gasteiger partial charge in [-0.3, -0.25) is 0 Å². The Morgan fingerprint density at radius 2 is 1.50 bits per heavy atom. The fourth-order valence-corrected chi connectivity index (χ4v) is 0.675. The SMILES string of the molecule is Pc1ccccc1.[Ru]. The molecule has 0 aliphatic heterocycles. The molecular weight excluding hydrogens is 204 g/mol. The second-order valence-electron chi connectivity index (χ2n) is 1.41. The average Bonchev–Trinajstić information content (AvgIpc) is 1.69. The summed E-state index contributed by atoms with van der Waals surface area (Å²) in [6.07, 6.45) is 0. The van der Waals surface area contributed by atoms with Gasteiger partial charge in [0.15, 0.2) is 0 Å². The summed E-state index contributed by atoms with van der Waals surface area (Å²) >= 11 is 0. The van der Waals surface area contributed by atoms with Crippen molar-refractivity contribution >= 4 is 14.5 Å². The van der Waals surface area contributed by atoms with E-state index in [2.05, 4.69) is 9.24 Å². The summed E-state index contributed by atoms with van der Waals surface area (Å²) in [4.78, 5) is 0. The van der Waals surface area contributed by atoms with Gasteiger partial charge in [0, 0.05) is 19.5 Å². The quantitative estimate of drug-likeness (QED) is 0.446. The summed E-state index contributed by atoms with van der Waals surface area (Å²) in [6.45, 7) is 0. The van der Waals surface area contributed by atoms with E-state index in [-0.39, 0.29) is 19.5 Å². The maximum atomic E-state index is 2.63. The summed E-state index contributed by atoms with van der Waals surface area (Å²) in [5.74, 6) is 0. The van der Waals surface area contributed by atoms with Gasteiger partial charge in [0.2, 0.25) is 0 Å². The molecule has 1 aromatic carbocycles. The van der Waals surface area contributed by atoms with Crippen molar-refractivity contribution in [1.29, 1.82) is 0 Å². The third-order valence-corrected chi connectivity index (χ3v) is 1.18. The van der Waals surface area contributed by atoms with Crippen LogP contribution in [0.2, 0.25) is 0 Å². The van der Waals surface area contributed by atoms with E-state index in [1.54, 1.807) is 0 Å². The molecule has 0 heterocycles. The molecule has 0 nitrogen and oxygen atoms in total. The Hall–Kier alpha value is 0.273. The number of rotatable bonds is 0. The fraction of sp³-hybridized carbons (Fsp3) is 0. The fourth-order valence-electron chi connectivity index (χ4n) is 0.453. The molecule has 0 saturated heterocycles. The molecule has 1 rings (SSSR count). The molecule has 2 heteroatoms. The van der Waals surface area contributed by atoms with Gasteiger partial charge in [0.05, 0.1) is 0 Å². The minimum Gasteiger partial charge on any atom is -0.106 e. The van der Waals surface area contributed by atoms with Crippen molar-refractivity contribution in [2.24, 2.45) is 0 Å². The van der Waals surface area contributed by atoms with E-state index in [1.807, 2.05) is 30.3 Å². The van der Waals surface area contributed by atoms with Crippen LogP contribution in [0.4, 0.5) is 0 Å². The van der Waals surface area contributed by atoms with Crippen molar-refractivity contribution in [1.82, 2.24) is 0 Å². The van der Waals surface area contributed by atoms with Crippen LogP contribution in [-0.4, -0.2) is 0 Å². The van der Waals surface area contributed by atoms with Crippen LogP contribution in [0.5, 0.6) is 0 Å². The number of benzene rings is 1. The minimum absolute atomic E-state index is 0. The Morgan fingerprint density at radius 3 is 1.75 bits per heavy atom. The zero-order valence-corrected chi connectivity index (χ0v) is 7.21. The zero-order valence-electron chi connectivity index (χ0n) is 4.32. The van der Waals surface area contributed by atoms with Crippen molar-refractivity contribution in [3.63, 3.8) is 0 Å². The molecule has 0 amide bonds. The molecule has 44 valence electrons. The van der Waals surface area contributed by atoms with Gasteiger partial charge in [-0.25, -0.2) is 0 Å². The average molecular weight is 211 g/mol. The molecule has 0 radical (unpaired) electrons. The molecule has 0 bridgehead atoms. The molecule has 0 saturated carbocycles. The third kappa shape index (κ3) is 2.55. The molecule has 0 aliphatic carbocycles. The normalized spacial score (nSPS) is 7.62. The largest absolute Gasteiger partial charge is 0.106 e. The first-order chi connectivity index (χ1) is 3.39. The Morgan fingerprint density at radius 1 is 1.00 bits per heavy atom. The predicted molar refractivity (Wildman–Crippen MR) is 35.8 cm³/mol. The van der Waals surface area contributed by atoms with Crippen LogP contribution in [0.1, 0.15) is 0 Å². The Balaban J connectivity index is 0.000000490. The Labute approximate surface area is 64.6 Å². The van der Waals surface area contributed by atoms with Crippen LogP contribution in [0.3, 0.4) is 0 Å². The molecule has 0 spiro atoms. The summed E-state index contributed by atoms with van der Waals surface area (Å²) in [6, 6.07) is 10.1. The minimum atomic E-state index is 0. The topological polar surface area (TPSA) is 0 Å². The number of hydrogen-bond donors (Lipinski definition) is 0. The van der Waals surface area contributed by atoms with Crippen LogP contribution in [0, 0.1) is 0 Å². The molecule has 1 atom stereocenters. The van der Waals surface area contributed by atoms with Crippen molar-refractivity contribution in [3.05, 3.63) is 30.3 Å². The monoisotopic (exact) mass is 212 g/mol. The third-order valence-electron chi connectivity index (χ3n) is 0.800. The molecule has 0 aromatic heterocycles. The summed E-state index contributed by atoms with van der Waals surface area (Å²) in [5.41, 5.74) is 0. The van der Waals surface area contributed by atoms with Crippen LogP contribution in [-0.2, 0) is 19.5 Å². The van der Waals surface area contributed by atoms with Gasteiger partial charge in [-0.2, -0.15) is 0 Å². The van der Waals surface area contributed by atoms with Gasteiger partial charge in [-0.1, -0.05) is 30.3 Å². The zero-order chi connectivity index (χ0) is 5.11. The maximum Gasteiger partial charge on any atom is 0 e. The van der Waals surface area contributed by atoms with Crippen LogP contribution in [0.25, 0.3) is 0 Å². The van der Waals surface area contributed by atoms with E-state index in [4.69, 9.17) is 0 Å². The van der Waals surface area contributed by atoms with Gasteiger partial charge in [-0.05, 0) is 5.30 Å². The van der Waals surface area contributed by atoms with E-state index in [0.717, 1.165) is 0 Å². The van der Waals surface area contributed by atoms with Crippen molar-refractivity contribution in [2.75, 3.05) is 0 Å². The van der Waals surface area contributed by atoms with Crippen molar-refractivity contribution in [3.8, 4) is 0 Å². The molecule has 1 unspecified atom stereocenters. The molecular formula is C6H7PRu. The van der Waals surface area contributed by atoms with Gasteiger partial charge < -0.3 is 0 Å². The smallest absolute Gasteiger partial charge is 0 e. The molecule has 0 N–H and O–H groups in total. The van der Waals surface area contributed by atoms with Crippen LogP contribution in [0.15, 0.2) is 30.3 Å². The molecule has 0 fully saturated rings. The standard InChI is InChI=1S/C6H7P.Ru/c7-6-4-2-1-3-5-6;/h1-5H,7H2;. The summed E-state index contributed by atoms with van der Waals surface area (Å²) < 4.78 is 0. The Bertz CT molecular complexity index is 138. The predicted octanol–water partition coefficient (Wildman–Crippen LogP) is 1.18. The first-order valence-electron chi connectivity index (χ1n) is 2.20. The Kier molecular flexibility index (Phi) is 4.32. The first kappa shape index (κ1) is 8.27. The number of hydrogen-bond acceptors (Lipinski definition) is 0. The second kappa shape index (κ2) is 4.18. The molecule has 8 heavy (non-hydrogen) atoms. The van der Waals surface area contributed by atoms with Gasteiger partial charge in [0.25, 0.3) is 0 Å².